The van der Waals surface area contributed by atoms with Crippen molar-refractivity contribution in [3.05, 3.63) is 22.4 Å². The lowest BCUT2D eigenvalue weighted by Crippen LogP contribution is -2.37. The lowest BCUT2D eigenvalue weighted by molar-refractivity contribution is -0.119. The molecule has 0 aromatic carbocycles. The van der Waals surface area contributed by atoms with Crippen LogP contribution in [0.5, 0.6) is 0 Å². The van der Waals surface area contributed by atoms with E-state index in [1.165, 1.54) is 4.88 Å². The highest BCUT2D eigenvalue weighted by atomic mass is 32.2. The van der Waals surface area contributed by atoms with Crippen molar-refractivity contribution in [2.24, 2.45) is 5.92 Å². The van der Waals surface area contributed by atoms with Crippen LogP contribution in [0.25, 0.3) is 0 Å². The van der Waals surface area contributed by atoms with E-state index in [2.05, 4.69) is 30.6 Å². The lowest BCUT2D eigenvalue weighted by atomic mass is 10.1. The van der Waals surface area contributed by atoms with Crippen LogP contribution in [0.1, 0.15) is 25.6 Å². The molecule has 0 saturated heterocycles. The molecule has 0 radical (unpaired) electrons. The number of amides is 1. The Labute approximate surface area is 106 Å². The second kappa shape index (κ2) is 6.97. The van der Waals surface area contributed by atoms with Crippen LogP contribution >= 0.6 is 23.1 Å². The van der Waals surface area contributed by atoms with E-state index in [-0.39, 0.29) is 11.9 Å². The predicted molar refractivity (Wildman–Crippen MR) is 72.9 cm³/mol. The Morgan fingerprint density at radius 1 is 1.50 bits per heavy atom. The molecule has 0 aliphatic heterocycles. The first kappa shape index (κ1) is 13.6. The topological polar surface area (TPSA) is 29.1 Å². The molecule has 1 amide bonds. The molecule has 1 aromatic rings. The van der Waals surface area contributed by atoms with Gasteiger partial charge in [0.1, 0.15) is 0 Å². The average Bonchev–Trinajstić information content (AvgIpc) is 2.70. The summed E-state index contributed by atoms with van der Waals surface area (Å²) in [6.07, 6.45) is 0. The smallest absolute Gasteiger partial charge is 0.230 e. The Kier molecular flexibility index (Phi) is 5.91. The zero-order valence-corrected chi connectivity index (χ0v) is 11.7. The SMILES string of the molecule is CC(C)C(C)NC(=O)CSCc1cccs1. The van der Waals surface area contributed by atoms with Gasteiger partial charge in [0.15, 0.2) is 0 Å². The van der Waals surface area contributed by atoms with Crippen molar-refractivity contribution in [2.45, 2.75) is 32.6 Å². The van der Waals surface area contributed by atoms with Crippen molar-refractivity contribution in [3.8, 4) is 0 Å². The standard InChI is InChI=1S/C12H19NOS2/c1-9(2)10(3)13-12(14)8-15-7-11-5-4-6-16-11/h4-6,9-10H,7-8H2,1-3H3,(H,13,14). The molecule has 0 aliphatic rings. The third-order valence-electron chi connectivity index (χ3n) is 2.45. The van der Waals surface area contributed by atoms with Gasteiger partial charge in [0.2, 0.25) is 5.91 Å². The number of hydrogen-bond acceptors (Lipinski definition) is 3. The van der Waals surface area contributed by atoms with E-state index in [0.717, 1.165) is 5.75 Å². The monoisotopic (exact) mass is 257 g/mol. The summed E-state index contributed by atoms with van der Waals surface area (Å²) in [5.74, 6) is 2.12. The van der Waals surface area contributed by atoms with Crippen molar-refractivity contribution < 1.29 is 4.79 Å². The molecule has 0 aliphatic carbocycles. The Bertz CT molecular complexity index is 309. The molecule has 0 saturated carbocycles. The first-order valence-corrected chi connectivity index (χ1v) is 7.52. The van der Waals surface area contributed by atoms with Gasteiger partial charge < -0.3 is 5.32 Å². The molecule has 0 spiro atoms. The normalized spacial score (nSPS) is 12.8. The fraction of sp³-hybridized carbons (Fsp3) is 0.583. The largest absolute Gasteiger partial charge is 0.353 e. The van der Waals surface area contributed by atoms with E-state index in [1.54, 1.807) is 23.1 Å². The molecule has 1 aromatic heterocycles. The van der Waals surface area contributed by atoms with Gasteiger partial charge in [0.25, 0.3) is 0 Å². The van der Waals surface area contributed by atoms with Crippen LogP contribution in [0.15, 0.2) is 17.5 Å². The molecule has 1 atom stereocenters. The van der Waals surface area contributed by atoms with E-state index in [4.69, 9.17) is 0 Å². The van der Waals surface area contributed by atoms with E-state index in [0.29, 0.717) is 11.7 Å². The summed E-state index contributed by atoms with van der Waals surface area (Å²) < 4.78 is 0. The maximum absolute atomic E-state index is 11.6. The van der Waals surface area contributed by atoms with Crippen LogP contribution < -0.4 is 5.32 Å². The molecule has 0 bridgehead atoms. The first-order chi connectivity index (χ1) is 7.59. The molecular weight excluding hydrogens is 238 g/mol. The maximum Gasteiger partial charge on any atom is 0.230 e. The van der Waals surface area contributed by atoms with Crippen molar-refractivity contribution in [2.75, 3.05) is 5.75 Å². The zero-order valence-electron chi connectivity index (χ0n) is 10.0. The van der Waals surface area contributed by atoms with Crippen LogP contribution in [0.3, 0.4) is 0 Å². The van der Waals surface area contributed by atoms with E-state index < -0.39 is 0 Å². The molecule has 16 heavy (non-hydrogen) atoms. The highest BCUT2D eigenvalue weighted by molar-refractivity contribution is 7.99. The van der Waals surface area contributed by atoms with Crippen molar-refractivity contribution in [3.63, 3.8) is 0 Å². The van der Waals surface area contributed by atoms with Gasteiger partial charge in [0.05, 0.1) is 5.75 Å². The van der Waals surface area contributed by atoms with E-state index >= 15 is 0 Å². The van der Waals surface area contributed by atoms with E-state index in [1.807, 2.05) is 13.0 Å². The van der Waals surface area contributed by atoms with Gasteiger partial charge in [-0.3, -0.25) is 4.79 Å². The second-order valence-electron chi connectivity index (χ2n) is 4.17. The summed E-state index contributed by atoms with van der Waals surface area (Å²) in [6.45, 7) is 6.28. The Hall–Kier alpha value is -0.480. The average molecular weight is 257 g/mol. The van der Waals surface area contributed by atoms with Gasteiger partial charge in [-0.05, 0) is 24.3 Å². The minimum Gasteiger partial charge on any atom is -0.353 e. The van der Waals surface area contributed by atoms with Gasteiger partial charge in [-0.1, -0.05) is 19.9 Å². The molecule has 1 unspecified atom stereocenters. The molecule has 90 valence electrons. The molecule has 4 heteroatoms. The minimum absolute atomic E-state index is 0.141. The summed E-state index contributed by atoms with van der Waals surface area (Å²) in [6, 6.07) is 4.41. The number of thiophene rings is 1. The zero-order chi connectivity index (χ0) is 12.0. The van der Waals surface area contributed by atoms with E-state index in [9.17, 15) is 4.79 Å². The Morgan fingerprint density at radius 2 is 2.25 bits per heavy atom. The van der Waals surface area contributed by atoms with Crippen LogP contribution in [-0.2, 0) is 10.5 Å². The third kappa shape index (κ3) is 5.03. The number of nitrogens with one attached hydrogen (secondary N) is 1. The van der Waals surface area contributed by atoms with Crippen molar-refractivity contribution in [1.29, 1.82) is 0 Å². The highest BCUT2D eigenvalue weighted by Gasteiger charge is 2.10. The van der Waals surface area contributed by atoms with Crippen LogP contribution in [0.4, 0.5) is 0 Å². The quantitative estimate of drug-likeness (QED) is 0.848. The number of carbonyl (C=O) groups is 1. The first-order valence-electron chi connectivity index (χ1n) is 5.49. The fourth-order valence-electron chi connectivity index (χ4n) is 1.10. The maximum atomic E-state index is 11.6. The van der Waals surface area contributed by atoms with Gasteiger partial charge in [-0.15, -0.1) is 23.1 Å². The predicted octanol–water partition coefficient (Wildman–Crippen LogP) is 3.14. The number of thioether (sulfide) groups is 1. The van der Waals surface area contributed by atoms with Crippen LogP contribution in [0.2, 0.25) is 0 Å². The highest BCUT2D eigenvalue weighted by Crippen LogP contribution is 2.16. The second-order valence-corrected chi connectivity index (χ2v) is 6.19. The molecule has 1 N–H and O–H groups in total. The van der Waals surface area contributed by atoms with Crippen LogP contribution in [0, 0.1) is 5.92 Å². The van der Waals surface area contributed by atoms with Gasteiger partial charge in [-0.25, -0.2) is 0 Å². The third-order valence-corrected chi connectivity index (χ3v) is 4.49. The number of hydrogen-bond donors (Lipinski definition) is 1. The summed E-state index contributed by atoms with van der Waals surface area (Å²) in [5.41, 5.74) is 0. The Balaban J connectivity index is 2.15. The number of carbonyl (C=O) groups excluding carboxylic acids is 1. The summed E-state index contributed by atoms with van der Waals surface area (Å²) in [7, 11) is 0. The molecule has 1 rings (SSSR count). The lowest BCUT2D eigenvalue weighted by Gasteiger charge is -2.17. The summed E-state index contributed by atoms with van der Waals surface area (Å²) in [4.78, 5) is 12.9. The molecule has 0 fully saturated rings. The van der Waals surface area contributed by atoms with Gasteiger partial charge >= 0.3 is 0 Å². The summed E-state index contributed by atoms with van der Waals surface area (Å²) >= 11 is 3.41. The van der Waals surface area contributed by atoms with Gasteiger partial charge in [0, 0.05) is 16.7 Å². The Morgan fingerprint density at radius 3 is 2.81 bits per heavy atom. The minimum atomic E-state index is 0.141. The van der Waals surface area contributed by atoms with Crippen molar-refractivity contribution >= 4 is 29.0 Å². The van der Waals surface area contributed by atoms with Crippen LogP contribution in [-0.4, -0.2) is 17.7 Å². The van der Waals surface area contributed by atoms with Crippen molar-refractivity contribution in [1.82, 2.24) is 5.32 Å². The molecular formula is C12H19NOS2. The number of rotatable bonds is 6. The molecule has 2 nitrogen and oxygen atoms in total. The fourth-order valence-corrected chi connectivity index (χ4v) is 2.78. The molecule has 1 heterocycles. The summed E-state index contributed by atoms with van der Waals surface area (Å²) in [5, 5.41) is 5.07. The van der Waals surface area contributed by atoms with Gasteiger partial charge in [-0.2, -0.15) is 0 Å².